The van der Waals surface area contributed by atoms with Gasteiger partial charge in [-0.05, 0) is 43.7 Å². The van der Waals surface area contributed by atoms with Gasteiger partial charge < -0.3 is 5.32 Å². The Bertz CT molecular complexity index is 605. The van der Waals surface area contributed by atoms with Crippen LogP contribution in [0.2, 0.25) is 0 Å². The number of carbonyl (C=O) groups excluding carboxylic acids is 1. The molecule has 2 aromatic carbocycles. The van der Waals surface area contributed by atoms with Crippen molar-refractivity contribution in [2.24, 2.45) is 0 Å². The fourth-order valence-electron chi connectivity index (χ4n) is 2.15. The lowest BCUT2D eigenvalue weighted by atomic mass is 10.0. The summed E-state index contributed by atoms with van der Waals surface area (Å²) in [5, 5.41) is 3.12. The predicted octanol–water partition coefficient (Wildman–Crippen LogP) is 4.13. The Hall–Kier alpha value is -2.16. The van der Waals surface area contributed by atoms with Crippen LogP contribution < -0.4 is 5.32 Å². The molecule has 0 aromatic heterocycles. The molecule has 0 atom stereocenters. The molecule has 2 rings (SSSR count). The van der Waals surface area contributed by atoms with E-state index in [9.17, 15) is 9.18 Å². The maximum Gasteiger partial charge on any atom is 0.164 e. The van der Waals surface area contributed by atoms with Crippen LogP contribution in [0.25, 0.3) is 0 Å². The van der Waals surface area contributed by atoms with Gasteiger partial charge in [-0.2, -0.15) is 0 Å². The van der Waals surface area contributed by atoms with Crippen LogP contribution in [0.3, 0.4) is 0 Å². The second-order valence-corrected chi connectivity index (χ2v) is 4.93. The molecule has 0 heterocycles. The Morgan fingerprint density at radius 3 is 2.45 bits per heavy atom. The van der Waals surface area contributed by atoms with E-state index in [2.05, 4.69) is 5.32 Å². The van der Waals surface area contributed by atoms with Crippen molar-refractivity contribution in [1.29, 1.82) is 0 Å². The molecule has 2 nitrogen and oxygen atoms in total. The summed E-state index contributed by atoms with van der Waals surface area (Å²) < 4.78 is 12.8. The zero-order valence-corrected chi connectivity index (χ0v) is 11.7. The monoisotopic (exact) mass is 271 g/mol. The highest BCUT2D eigenvalue weighted by molar-refractivity contribution is 5.97. The van der Waals surface area contributed by atoms with E-state index >= 15 is 0 Å². The summed E-state index contributed by atoms with van der Waals surface area (Å²) >= 11 is 0. The topological polar surface area (TPSA) is 29.1 Å². The Morgan fingerprint density at radius 2 is 1.80 bits per heavy atom. The van der Waals surface area contributed by atoms with Crippen molar-refractivity contribution in [3.8, 4) is 0 Å². The largest absolute Gasteiger partial charge is 0.385 e. The van der Waals surface area contributed by atoms with Crippen molar-refractivity contribution in [1.82, 2.24) is 0 Å². The molecule has 104 valence electrons. The Labute approximate surface area is 118 Å². The van der Waals surface area contributed by atoms with Crippen molar-refractivity contribution in [2.45, 2.75) is 20.3 Å². The van der Waals surface area contributed by atoms with Crippen molar-refractivity contribution in [2.75, 3.05) is 11.9 Å². The van der Waals surface area contributed by atoms with Gasteiger partial charge in [-0.1, -0.05) is 23.8 Å². The minimum Gasteiger partial charge on any atom is -0.385 e. The maximum atomic E-state index is 12.8. The zero-order chi connectivity index (χ0) is 14.5. The number of anilines is 1. The summed E-state index contributed by atoms with van der Waals surface area (Å²) in [6.07, 6.45) is 0.418. The number of carbonyl (C=O) groups is 1. The van der Waals surface area contributed by atoms with Crippen molar-refractivity contribution >= 4 is 11.5 Å². The number of hydrogen-bond acceptors (Lipinski definition) is 2. The van der Waals surface area contributed by atoms with Crippen molar-refractivity contribution < 1.29 is 9.18 Å². The van der Waals surface area contributed by atoms with Crippen LogP contribution >= 0.6 is 0 Å². The molecular formula is C17H18FNO. The summed E-state index contributed by atoms with van der Waals surface area (Å²) in [5.74, 6) is -0.140. The molecule has 0 aliphatic carbocycles. The highest BCUT2D eigenvalue weighted by Gasteiger charge is 2.08. The summed E-state index contributed by atoms with van der Waals surface area (Å²) in [6.45, 7) is 4.50. The molecule has 0 radical (unpaired) electrons. The quantitative estimate of drug-likeness (QED) is 0.828. The zero-order valence-electron chi connectivity index (χ0n) is 11.7. The first kappa shape index (κ1) is 14.3. The summed E-state index contributed by atoms with van der Waals surface area (Å²) in [6, 6.07) is 12.0. The number of ketones is 1. The third-order valence-corrected chi connectivity index (χ3v) is 3.21. The van der Waals surface area contributed by atoms with Crippen molar-refractivity contribution in [3.05, 3.63) is 65.0 Å². The number of rotatable bonds is 5. The summed E-state index contributed by atoms with van der Waals surface area (Å²) in [5.41, 5.74) is 3.76. The van der Waals surface area contributed by atoms with Crippen LogP contribution in [0.1, 0.15) is 27.9 Å². The van der Waals surface area contributed by atoms with E-state index in [1.54, 1.807) is 12.1 Å². The predicted molar refractivity (Wildman–Crippen MR) is 79.8 cm³/mol. The Kier molecular flexibility index (Phi) is 4.51. The second-order valence-electron chi connectivity index (χ2n) is 4.93. The highest BCUT2D eigenvalue weighted by Crippen LogP contribution is 2.13. The number of Topliss-reactive ketones (excluding diaryl/α,β-unsaturated/α-hetero) is 1. The van der Waals surface area contributed by atoms with Gasteiger partial charge in [-0.15, -0.1) is 0 Å². The van der Waals surface area contributed by atoms with E-state index in [1.807, 2.05) is 32.0 Å². The molecule has 0 saturated carbocycles. The molecule has 0 saturated heterocycles. The number of aryl methyl sites for hydroxylation is 2. The lowest BCUT2D eigenvalue weighted by Crippen LogP contribution is -2.10. The lowest BCUT2D eigenvalue weighted by molar-refractivity contribution is 0.0986. The molecule has 0 bridgehead atoms. The van der Waals surface area contributed by atoms with Gasteiger partial charge in [0.25, 0.3) is 0 Å². The fourth-order valence-corrected chi connectivity index (χ4v) is 2.15. The standard InChI is InChI=1S/C17H18FNO/c1-12-3-8-16(13(2)11-12)17(20)9-10-19-15-6-4-14(18)5-7-15/h3-8,11,19H,9-10H2,1-2H3. The van der Waals surface area contributed by atoms with Gasteiger partial charge >= 0.3 is 0 Å². The SMILES string of the molecule is Cc1ccc(C(=O)CCNc2ccc(F)cc2)c(C)c1. The molecule has 0 aliphatic rings. The minimum atomic E-state index is -0.262. The molecule has 20 heavy (non-hydrogen) atoms. The third kappa shape index (κ3) is 3.67. The average molecular weight is 271 g/mol. The molecule has 0 aliphatic heterocycles. The molecular weight excluding hydrogens is 253 g/mol. The number of halogens is 1. The molecule has 0 unspecified atom stereocenters. The number of nitrogens with one attached hydrogen (secondary N) is 1. The van der Waals surface area contributed by atoms with Crippen LogP contribution in [0.15, 0.2) is 42.5 Å². The average Bonchev–Trinajstić information content (AvgIpc) is 2.41. The first-order chi connectivity index (χ1) is 9.56. The highest BCUT2D eigenvalue weighted by atomic mass is 19.1. The number of benzene rings is 2. The maximum absolute atomic E-state index is 12.8. The number of hydrogen-bond donors (Lipinski definition) is 1. The first-order valence-corrected chi connectivity index (χ1v) is 6.66. The van der Waals surface area contributed by atoms with E-state index in [0.29, 0.717) is 13.0 Å². The van der Waals surface area contributed by atoms with Crippen LogP contribution in [0.5, 0.6) is 0 Å². The van der Waals surface area contributed by atoms with E-state index in [0.717, 1.165) is 22.4 Å². The molecule has 0 amide bonds. The molecule has 0 spiro atoms. The van der Waals surface area contributed by atoms with E-state index in [1.165, 1.54) is 12.1 Å². The Balaban J connectivity index is 1.90. The molecule has 1 N–H and O–H groups in total. The molecule has 0 fully saturated rings. The van der Waals surface area contributed by atoms with Gasteiger partial charge in [0.1, 0.15) is 5.82 Å². The van der Waals surface area contributed by atoms with Gasteiger partial charge in [0.2, 0.25) is 0 Å². The van der Waals surface area contributed by atoms with Crippen LogP contribution in [0.4, 0.5) is 10.1 Å². The summed E-state index contributed by atoms with van der Waals surface area (Å²) in [4.78, 5) is 12.1. The third-order valence-electron chi connectivity index (χ3n) is 3.21. The van der Waals surface area contributed by atoms with Crippen LogP contribution in [0, 0.1) is 19.7 Å². The normalized spacial score (nSPS) is 10.3. The smallest absolute Gasteiger partial charge is 0.164 e. The second kappa shape index (κ2) is 6.33. The minimum absolute atomic E-state index is 0.122. The Morgan fingerprint density at radius 1 is 1.10 bits per heavy atom. The van der Waals surface area contributed by atoms with E-state index in [-0.39, 0.29) is 11.6 Å². The van der Waals surface area contributed by atoms with Gasteiger partial charge in [0, 0.05) is 24.2 Å². The van der Waals surface area contributed by atoms with Gasteiger partial charge in [-0.25, -0.2) is 4.39 Å². The van der Waals surface area contributed by atoms with Gasteiger partial charge in [0.05, 0.1) is 0 Å². The first-order valence-electron chi connectivity index (χ1n) is 6.66. The van der Waals surface area contributed by atoms with Crippen molar-refractivity contribution in [3.63, 3.8) is 0 Å². The van der Waals surface area contributed by atoms with E-state index in [4.69, 9.17) is 0 Å². The van der Waals surface area contributed by atoms with Crippen LogP contribution in [-0.4, -0.2) is 12.3 Å². The molecule has 2 aromatic rings. The fraction of sp³-hybridized carbons (Fsp3) is 0.235. The van der Waals surface area contributed by atoms with Gasteiger partial charge in [-0.3, -0.25) is 4.79 Å². The summed E-state index contributed by atoms with van der Waals surface area (Å²) in [7, 11) is 0. The van der Waals surface area contributed by atoms with Gasteiger partial charge in [0.15, 0.2) is 5.78 Å². The molecule has 3 heteroatoms. The van der Waals surface area contributed by atoms with E-state index < -0.39 is 0 Å². The lowest BCUT2D eigenvalue weighted by Gasteiger charge is -2.08. The van der Waals surface area contributed by atoms with Crippen LogP contribution in [-0.2, 0) is 0 Å².